The van der Waals surface area contributed by atoms with Crippen LogP contribution in [0.4, 0.5) is 0 Å². The van der Waals surface area contributed by atoms with Crippen LogP contribution in [-0.4, -0.2) is 9.55 Å². The molecule has 0 unspecified atom stereocenters. The van der Waals surface area contributed by atoms with Gasteiger partial charge in [0.1, 0.15) is 0 Å². The average Bonchev–Trinajstić information content (AvgIpc) is 2.46. The van der Waals surface area contributed by atoms with Crippen LogP contribution in [0.1, 0.15) is 11.3 Å². The monoisotopic (exact) mass is 188 g/mol. The number of aryl methyl sites for hydroxylation is 2. The summed E-state index contributed by atoms with van der Waals surface area (Å²) in [5.41, 5.74) is 2.89. The van der Waals surface area contributed by atoms with Crippen LogP contribution in [0.15, 0.2) is 35.3 Å². The Bertz CT molecular complexity index is 508. The summed E-state index contributed by atoms with van der Waals surface area (Å²) in [5.74, 6) is 0. The molecule has 1 aromatic heterocycles. The molecule has 0 saturated heterocycles. The summed E-state index contributed by atoms with van der Waals surface area (Å²) in [4.78, 5) is 14.1. The van der Waals surface area contributed by atoms with E-state index in [1.165, 1.54) is 0 Å². The number of nitrogens with one attached hydrogen (secondary N) is 1. The molecule has 1 aromatic carbocycles. The number of aromatic nitrogens is 2. The summed E-state index contributed by atoms with van der Waals surface area (Å²) in [6.07, 6.45) is 1.71. The Morgan fingerprint density at radius 2 is 2.07 bits per heavy atom. The number of aromatic amines is 1. The van der Waals surface area contributed by atoms with Crippen LogP contribution < -0.4 is 5.69 Å². The number of H-pyrrole nitrogens is 1. The molecular weight excluding hydrogens is 176 g/mol. The third-order valence-electron chi connectivity index (χ3n) is 2.22. The largest absolute Gasteiger partial charge is 0.330 e. The highest BCUT2D eigenvalue weighted by atomic mass is 16.1. The van der Waals surface area contributed by atoms with Crippen molar-refractivity contribution in [1.82, 2.24) is 9.55 Å². The van der Waals surface area contributed by atoms with E-state index in [1.54, 1.807) is 10.8 Å². The van der Waals surface area contributed by atoms with Crippen LogP contribution >= 0.6 is 0 Å². The summed E-state index contributed by atoms with van der Waals surface area (Å²) in [6.45, 7) is 3.91. The van der Waals surface area contributed by atoms with Crippen LogP contribution in [0.5, 0.6) is 0 Å². The molecule has 2 rings (SSSR count). The number of imidazole rings is 1. The van der Waals surface area contributed by atoms with Gasteiger partial charge in [0.05, 0.1) is 5.69 Å². The minimum Gasteiger partial charge on any atom is -0.312 e. The topological polar surface area (TPSA) is 37.8 Å². The molecule has 0 saturated carbocycles. The fourth-order valence-electron chi connectivity index (χ4n) is 1.54. The van der Waals surface area contributed by atoms with Gasteiger partial charge < -0.3 is 4.98 Å². The Kier molecular flexibility index (Phi) is 2.00. The Hall–Kier alpha value is -1.77. The lowest BCUT2D eigenvalue weighted by Gasteiger charge is -2.04. The van der Waals surface area contributed by atoms with E-state index in [2.05, 4.69) is 4.98 Å². The Morgan fingerprint density at radius 3 is 2.64 bits per heavy atom. The number of hydrogen-bond donors (Lipinski definition) is 1. The lowest BCUT2D eigenvalue weighted by molar-refractivity contribution is 0.947. The fourth-order valence-corrected chi connectivity index (χ4v) is 1.54. The number of benzene rings is 1. The molecule has 2 aromatic rings. The molecule has 0 atom stereocenters. The first-order chi connectivity index (χ1) is 6.68. The van der Waals surface area contributed by atoms with E-state index in [-0.39, 0.29) is 5.69 Å². The normalized spacial score (nSPS) is 10.4. The van der Waals surface area contributed by atoms with Gasteiger partial charge in [-0.3, -0.25) is 4.57 Å². The average molecular weight is 188 g/mol. The zero-order valence-corrected chi connectivity index (χ0v) is 8.24. The number of hydrogen-bond acceptors (Lipinski definition) is 1. The minimum atomic E-state index is -0.0897. The highest BCUT2D eigenvalue weighted by molar-refractivity contribution is 5.36. The second-order valence-corrected chi connectivity index (χ2v) is 3.41. The van der Waals surface area contributed by atoms with Crippen LogP contribution in [0.25, 0.3) is 5.69 Å². The Labute approximate surface area is 82.0 Å². The maximum atomic E-state index is 11.5. The van der Waals surface area contributed by atoms with Gasteiger partial charge in [-0.05, 0) is 31.5 Å². The van der Waals surface area contributed by atoms with E-state index in [9.17, 15) is 4.79 Å². The first-order valence-corrected chi connectivity index (χ1v) is 4.52. The van der Waals surface area contributed by atoms with Gasteiger partial charge in [-0.2, -0.15) is 0 Å². The van der Waals surface area contributed by atoms with Gasteiger partial charge >= 0.3 is 5.69 Å². The molecule has 72 valence electrons. The lowest BCUT2D eigenvalue weighted by Crippen LogP contribution is -2.15. The van der Waals surface area contributed by atoms with Gasteiger partial charge in [-0.15, -0.1) is 0 Å². The van der Waals surface area contributed by atoms with Crippen LogP contribution in [0.2, 0.25) is 0 Å². The molecular formula is C11H12N2O. The van der Waals surface area contributed by atoms with E-state index < -0.39 is 0 Å². The maximum absolute atomic E-state index is 11.5. The molecule has 14 heavy (non-hydrogen) atoms. The third kappa shape index (κ3) is 1.37. The molecule has 0 spiro atoms. The first kappa shape index (κ1) is 8.81. The van der Waals surface area contributed by atoms with E-state index in [0.717, 1.165) is 16.9 Å². The molecule has 0 bridgehead atoms. The predicted molar refractivity (Wildman–Crippen MR) is 55.9 cm³/mol. The van der Waals surface area contributed by atoms with Crippen molar-refractivity contribution in [1.29, 1.82) is 0 Å². The Morgan fingerprint density at radius 1 is 1.29 bits per heavy atom. The molecule has 0 fully saturated rings. The van der Waals surface area contributed by atoms with Crippen molar-refractivity contribution in [3.8, 4) is 5.69 Å². The molecule has 3 nitrogen and oxygen atoms in total. The third-order valence-corrected chi connectivity index (χ3v) is 2.22. The quantitative estimate of drug-likeness (QED) is 0.727. The molecule has 1 N–H and O–H groups in total. The number of nitrogens with zero attached hydrogens (tertiary/aromatic N) is 1. The highest BCUT2D eigenvalue weighted by Gasteiger charge is 2.03. The summed E-state index contributed by atoms with van der Waals surface area (Å²) in [6, 6.07) is 7.87. The van der Waals surface area contributed by atoms with Gasteiger partial charge in [0.25, 0.3) is 0 Å². The summed E-state index contributed by atoms with van der Waals surface area (Å²) < 4.78 is 1.66. The summed E-state index contributed by atoms with van der Waals surface area (Å²) in [5, 5.41) is 0. The van der Waals surface area contributed by atoms with Crippen LogP contribution in [-0.2, 0) is 0 Å². The van der Waals surface area contributed by atoms with Crippen molar-refractivity contribution in [2.45, 2.75) is 13.8 Å². The Balaban J connectivity index is 2.66. The van der Waals surface area contributed by atoms with Crippen LogP contribution in [0.3, 0.4) is 0 Å². The lowest BCUT2D eigenvalue weighted by atomic mass is 10.2. The second kappa shape index (κ2) is 3.18. The summed E-state index contributed by atoms with van der Waals surface area (Å²) in [7, 11) is 0. The molecule has 3 heteroatoms. The van der Waals surface area contributed by atoms with Crippen LogP contribution in [0, 0.1) is 13.8 Å². The standard InChI is InChI=1S/C11H12N2O/c1-8-4-3-5-10(6-8)13-9(2)7-12-11(13)14/h3-7H,1-2H3,(H,12,14). The molecule has 1 heterocycles. The van der Waals surface area contributed by atoms with E-state index in [4.69, 9.17) is 0 Å². The van der Waals surface area contributed by atoms with E-state index in [1.807, 2.05) is 38.1 Å². The molecule has 0 radical (unpaired) electrons. The van der Waals surface area contributed by atoms with Gasteiger partial charge in [0, 0.05) is 11.9 Å². The van der Waals surface area contributed by atoms with Crippen molar-refractivity contribution in [3.63, 3.8) is 0 Å². The van der Waals surface area contributed by atoms with Crippen molar-refractivity contribution in [2.75, 3.05) is 0 Å². The van der Waals surface area contributed by atoms with Gasteiger partial charge in [0.2, 0.25) is 0 Å². The van der Waals surface area contributed by atoms with Crippen molar-refractivity contribution < 1.29 is 0 Å². The zero-order valence-electron chi connectivity index (χ0n) is 8.24. The molecule has 0 aliphatic rings. The smallest absolute Gasteiger partial charge is 0.312 e. The number of rotatable bonds is 1. The second-order valence-electron chi connectivity index (χ2n) is 3.41. The highest BCUT2D eigenvalue weighted by Crippen LogP contribution is 2.09. The fraction of sp³-hybridized carbons (Fsp3) is 0.182. The minimum absolute atomic E-state index is 0.0897. The summed E-state index contributed by atoms with van der Waals surface area (Å²) >= 11 is 0. The van der Waals surface area contributed by atoms with Gasteiger partial charge in [0.15, 0.2) is 0 Å². The van der Waals surface area contributed by atoms with Crippen molar-refractivity contribution in [3.05, 3.63) is 52.2 Å². The van der Waals surface area contributed by atoms with E-state index in [0.29, 0.717) is 0 Å². The van der Waals surface area contributed by atoms with Crippen molar-refractivity contribution >= 4 is 0 Å². The van der Waals surface area contributed by atoms with E-state index >= 15 is 0 Å². The van der Waals surface area contributed by atoms with Crippen molar-refractivity contribution in [2.24, 2.45) is 0 Å². The SMILES string of the molecule is Cc1cccc(-n2c(C)c[nH]c2=O)c1. The predicted octanol–water partition coefficient (Wildman–Crippen LogP) is 1.78. The first-order valence-electron chi connectivity index (χ1n) is 4.52. The zero-order chi connectivity index (χ0) is 10.1. The molecule has 0 aliphatic heterocycles. The van der Waals surface area contributed by atoms with Gasteiger partial charge in [-0.1, -0.05) is 12.1 Å². The molecule has 0 aliphatic carbocycles. The molecule has 0 amide bonds. The maximum Gasteiger partial charge on any atom is 0.330 e. The van der Waals surface area contributed by atoms with Gasteiger partial charge in [-0.25, -0.2) is 4.79 Å².